The standard InChI is InChI=1S/C20H28N2/c1-13(2)19-11-18(16(5)21-12-19)9-7-14(3)20-10-8-15(4)22-17(20)6/h8,10-14H,7,9H2,1-6H3. The molecular formula is C20H28N2. The molecule has 0 fully saturated rings. The van der Waals surface area contributed by atoms with Gasteiger partial charge in [0, 0.05) is 23.3 Å². The van der Waals surface area contributed by atoms with E-state index >= 15 is 0 Å². The molecule has 22 heavy (non-hydrogen) atoms. The molecule has 2 nitrogen and oxygen atoms in total. The van der Waals surface area contributed by atoms with Gasteiger partial charge in [-0.1, -0.05) is 32.9 Å². The van der Waals surface area contributed by atoms with Crippen LogP contribution in [-0.2, 0) is 6.42 Å². The van der Waals surface area contributed by atoms with Crippen LogP contribution in [0.5, 0.6) is 0 Å². The third-order valence-electron chi connectivity index (χ3n) is 4.52. The number of pyridine rings is 2. The van der Waals surface area contributed by atoms with Crippen LogP contribution in [0.15, 0.2) is 24.4 Å². The minimum absolute atomic E-state index is 0.523. The van der Waals surface area contributed by atoms with Gasteiger partial charge < -0.3 is 0 Å². The average Bonchev–Trinajstić information content (AvgIpc) is 2.45. The molecule has 0 aromatic carbocycles. The van der Waals surface area contributed by atoms with Crippen LogP contribution in [0, 0.1) is 20.8 Å². The normalized spacial score (nSPS) is 12.7. The van der Waals surface area contributed by atoms with Gasteiger partial charge in [-0.3, -0.25) is 9.97 Å². The van der Waals surface area contributed by atoms with Crippen molar-refractivity contribution < 1.29 is 0 Å². The van der Waals surface area contributed by atoms with Crippen molar-refractivity contribution in [3.8, 4) is 0 Å². The average molecular weight is 296 g/mol. The van der Waals surface area contributed by atoms with E-state index < -0.39 is 0 Å². The molecule has 0 amide bonds. The molecule has 0 aliphatic heterocycles. The SMILES string of the molecule is Cc1ccc(C(C)CCc2cc(C(C)C)cnc2C)c(C)n1. The summed E-state index contributed by atoms with van der Waals surface area (Å²) in [4.78, 5) is 9.16. The fourth-order valence-electron chi connectivity index (χ4n) is 2.91. The van der Waals surface area contributed by atoms with Crippen molar-refractivity contribution in [2.24, 2.45) is 0 Å². The Balaban J connectivity index is 2.10. The van der Waals surface area contributed by atoms with Gasteiger partial charge in [0.05, 0.1) is 0 Å². The zero-order valence-electron chi connectivity index (χ0n) is 14.8. The van der Waals surface area contributed by atoms with E-state index in [1.165, 1.54) is 22.4 Å². The van der Waals surface area contributed by atoms with E-state index in [1.807, 2.05) is 13.1 Å². The lowest BCUT2D eigenvalue weighted by molar-refractivity contribution is 0.666. The van der Waals surface area contributed by atoms with Gasteiger partial charge in [0.1, 0.15) is 0 Å². The van der Waals surface area contributed by atoms with Crippen molar-refractivity contribution in [2.75, 3.05) is 0 Å². The quantitative estimate of drug-likeness (QED) is 0.752. The zero-order valence-corrected chi connectivity index (χ0v) is 14.8. The maximum absolute atomic E-state index is 4.59. The Kier molecular flexibility index (Phi) is 5.33. The van der Waals surface area contributed by atoms with Gasteiger partial charge in [-0.15, -0.1) is 0 Å². The lowest BCUT2D eigenvalue weighted by Gasteiger charge is -2.16. The molecule has 0 spiro atoms. The largest absolute Gasteiger partial charge is 0.261 e. The highest BCUT2D eigenvalue weighted by Crippen LogP contribution is 2.25. The second kappa shape index (κ2) is 7.04. The van der Waals surface area contributed by atoms with Gasteiger partial charge in [0.15, 0.2) is 0 Å². The third-order valence-corrected chi connectivity index (χ3v) is 4.52. The van der Waals surface area contributed by atoms with Crippen LogP contribution in [-0.4, -0.2) is 9.97 Å². The smallest absolute Gasteiger partial charge is 0.0410 e. The van der Waals surface area contributed by atoms with Crippen LogP contribution in [0.3, 0.4) is 0 Å². The maximum Gasteiger partial charge on any atom is 0.0410 e. The molecular weight excluding hydrogens is 268 g/mol. The van der Waals surface area contributed by atoms with E-state index in [9.17, 15) is 0 Å². The molecule has 2 heteroatoms. The van der Waals surface area contributed by atoms with Crippen molar-refractivity contribution in [2.45, 2.75) is 66.2 Å². The van der Waals surface area contributed by atoms with Crippen LogP contribution in [0.2, 0.25) is 0 Å². The summed E-state index contributed by atoms with van der Waals surface area (Å²) in [6, 6.07) is 6.68. The topological polar surface area (TPSA) is 25.8 Å². The first-order chi connectivity index (χ1) is 10.4. The predicted molar refractivity (Wildman–Crippen MR) is 93.5 cm³/mol. The van der Waals surface area contributed by atoms with Crippen molar-refractivity contribution >= 4 is 0 Å². The van der Waals surface area contributed by atoms with Gasteiger partial charge in [0.25, 0.3) is 0 Å². The number of rotatable bonds is 5. The second-order valence-electron chi connectivity index (χ2n) is 6.73. The van der Waals surface area contributed by atoms with Crippen LogP contribution in [0.25, 0.3) is 0 Å². The summed E-state index contributed by atoms with van der Waals surface area (Å²) in [6.07, 6.45) is 4.23. The van der Waals surface area contributed by atoms with Crippen molar-refractivity contribution in [3.05, 3.63) is 58.2 Å². The third kappa shape index (κ3) is 3.94. The Morgan fingerprint density at radius 2 is 1.73 bits per heavy atom. The van der Waals surface area contributed by atoms with E-state index in [-0.39, 0.29) is 0 Å². The van der Waals surface area contributed by atoms with Crippen molar-refractivity contribution in [1.82, 2.24) is 9.97 Å². The van der Waals surface area contributed by atoms with Gasteiger partial charge in [-0.05, 0) is 68.2 Å². The number of hydrogen-bond donors (Lipinski definition) is 0. The summed E-state index contributed by atoms with van der Waals surface area (Å²) < 4.78 is 0. The number of hydrogen-bond acceptors (Lipinski definition) is 2. The molecule has 1 unspecified atom stereocenters. The van der Waals surface area contributed by atoms with Crippen LogP contribution >= 0.6 is 0 Å². The number of aryl methyl sites for hydroxylation is 4. The lowest BCUT2D eigenvalue weighted by Crippen LogP contribution is -2.03. The Morgan fingerprint density at radius 3 is 2.36 bits per heavy atom. The molecule has 0 radical (unpaired) electrons. The minimum Gasteiger partial charge on any atom is -0.261 e. The number of nitrogens with zero attached hydrogens (tertiary/aromatic N) is 2. The molecule has 2 aromatic rings. The van der Waals surface area contributed by atoms with E-state index in [0.717, 1.165) is 24.2 Å². The van der Waals surface area contributed by atoms with Crippen molar-refractivity contribution in [1.29, 1.82) is 0 Å². The highest BCUT2D eigenvalue weighted by atomic mass is 14.7. The first-order valence-corrected chi connectivity index (χ1v) is 8.28. The molecule has 1 atom stereocenters. The molecule has 2 heterocycles. The Hall–Kier alpha value is -1.70. The number of aromatic nitrogens is 2. The summed E-state index contributed by atoms with van der Waals surface area (Å²) in [6.45, 7) is 13.0. The minimum atomic E-state index is 0.523. The first-order valence-electron chi connectivity index (χ1n) is 8.28. The van der Waals surface area contributed by atoms with E-state index in [2.05, 4.69) is 62.8 Å². The summed E-state index contributed by atoms with van der Waals surface area (Å²) >= 11 is 0. The van der Waals surface area contributed by atoms with Gasteiger partial charge in [-0.2, -0.15) is 0 Å². The van der Waals surface area contributed by atoms with Crippen molar-refractivity contribution in [3.63, 3.8) is 0 Å². The van der Waals surface area contributed by atoms with Gasteiger partial charge in [-0.25, -0.2) is 0 Å². The molecule has 2 rings (SSSR count). The molecule has 0 aliphatic rings. The summed E-state index contributed by atoms with van der Waals surface area (Å²) in [7, 11) is 0. The molecule has 0 saturated carbocycles. The Bertz CT molecular complexity index is 644. The molecule has 118 valence electrons. The Labute approximate surface area is 135 Å². The molecule has 0 aliphatic carbocycles. The summed E-state index contributed by atoms with van der Waals surface area (Å²) in [5.41, 5.74) is 7.51. The van der Waals surface area contributed by atoms with Crippen LogP contribution in [0.1, 0.15) is 72.8 Å². The molecule has 2 aromatic heterocycles. The van der Waals surface area contributed by atoms with E-state index in [4.69, 9.17) is 0 Å². The predicted octanol–water partition coefficient (Wildman–Crippen LogP) is 5.26. The van der Waals surface area contributed by atoms with Gasteiger partial charge >= 0.3 is 0 Å². The second-order valence-corrected chi connectivity index (χ2v) is 6.73. The monoisotopic (exact) mass is 296 g/mol. The highest BCUT2D eigenvalue weighted by molar-refractivity contribution is 5.28. The molecule has 0 N–H and O–H groups in total. The van der Waals surface area contributed by atoms with Crippen LogP contribution in [0.4, 0.5) is 0 Å². The Morgan fingerprint density at radius 1 is 1.00 bits per heavy atom. The fraction of sp³-hybridized carbons (Fsp3) is 0.500. The summed E-state index contributed by atoms with van der Waals surface area (Å²) in [5, 5.41) is 0. The fourth-order valence-corrected chi connectivity index (χ4v) is 2.91. The molecule has 0 bridgehead atoms. The maximum atomic E-state index is 4.59. The zero-order chi connectivity index (χ0) is 16.3. The van der Waals surface area contributed by atoms with E-state index in [0.29, 0.717) is 11.8 Å². The van der Waals surface area contributed by atoms with Crippen LogP contribution < -0.4 is 0 Å². The summed E-state index contributed by atoms with van der Waals surface area (Å²) in [5.74, 6) is 1.06. The molecule has 0 saturated heterocycles. The lowest BCUT2D eigenvalue weighted by atomic mass is 9.91. The van der Waals surface area contributed by atoms with E-state index in [1.54, 1.807) is 0 Å². The van der Waals surface area contributed by atoms with Gasteiger partial charge in [0.2, 0.25) is 0 Å². The highest BCUT2D eigenvalue weighted by Gasteiger charge is 2.12. The first kappa shape index (κ1) is 16.7.